The van der Waals surface area contributed by atoms with Gasteiger partial charge >= 0.3 is 0 Å². The van der Waals surface area contributed by atoms with Gasteiger partial charge in [0.2, 0.25) is 6.41 Å². The second-order valence-electron chi connectivity index (χ2n) is 3.65. The van der Waals surface area contributed by atoms with Crippen molar-refractivity contribution in [3.63, 3.8) is 0 Å². The molecule has 6 heteroatoms. The van der Waals surface area contributed by atoms with Gasteiger partial charge in [-0.2, -0.15) is 0 Å². The van der Waals surface area contributed by atoms with Gasteiger partial charge in [-0.3, -0.25) is 9.20 Å². The molecule has 4 nitrogen and oxygen atoms in total. The number of amides is 1. The van der Waals surface area contributed by atoms with E-state index in [9.17, 15) is 9.18 Å². The molecule has 17 heavy (non-hydrogen) atoms. The first-order chi connectivity index (χ1) is 8.08. The molecule has 0 radical (unpaired) electrons. The summed E-state index contributed by atoms with van der Waals surface area (Å²) in [4.78, 5) is 16.6. The maximum absolute atomic E-state index is 13.4. The first-order valence-electron chi connectivity index (χ1n) is 5.12. The normalized spacial score (nSPS) is 10.8. The highest BCUT2D eigenvalue weighted by Crippen LogP contribution is 2.25. The summed E-state index contributed by atoms with van der Waals surface area (Å²) < 4.78 is 15.4. The van der Waals surface area contributed by atoms with E-state index in [0.717, 1.165) is 5.69 Å². The Balaban J connectivity index is 2.78. The minimum atomic E-state index is -0.370. The zero-order valence-electron chi connectivity index (χ0n) is 9.44. The van der Waals surface area contributed by atoms with Crippen LogP contribution in [0.2, 0.25) is 0 Å². The summed E-state index contributed by atoms with van der Waals surface area (Å²) in [5, 5.41) is 0. The predicted octanol–water partition coefficient (Wildman–Crippen LogP) is 2.39. The van der Waals surface area contributed by atoms with E-state index in [1.165, 1.54) is 11.0 Å². The zero-order chi connectivity index (χ0) is 12.6. The molecule has 0 aliphatic rings. The molecule has 2 aromatic rings. The number of anilines is 1. The Kier molecular flexibility index (Phi) is 3.15. The van der Waals surface area contributed by atoms with Crippen LogP contribution >= 0.6 is 15.9 Å². The highest BCUT2D eigenvalue weighted by molar-refractivity contribution is 9.10. The lowest BCUT2D eigenvalue weighted by Gasteiger charge is -2.12. The molecule has 0 aromatic carbocycles. The molecule has 0 spiro atoms. The van der Waals surface area contributed by atoms with Crippen LogP contribution in [0.1, 0.15) is 12.6 Å². The van der Waals surface area contributed by atoms with Gasteiger partial charge in [-0.1, -0.05) is 6.92 Å². The smallest absolute Gasteiger partial charge is 0.215 e. The van der Waals surface area contributed by atoms with E-state index in [1.807, 2.05) is 6.92 Å². The van der Waals surface area contributed by atoms with Crippen molar-refractivity contribution < 1.29 is 9.18 Å². The summed E-state index contributed by atoms with van der Waals surface area (Å²) in [5.74, 6) is 0.295. The molecule has 0 bridgehead atoms. The summed E-state index contributed by atoms with van der Waals surface area (Å²) in [6.45, 7) is 1.94. The number of hydrogen-bond donors (Lipinski definition) is 0. The maximum atomic E-state index is 13.4. The van der Waals surface area contributed by atoms with Crippen molar-refractivity contribution in [1.82, 2.24) is 9.38 Å². The van der Waals surface area contributed by atoms with Gasteiger partial charge in [0.05, 0.1) is 10.2 Å². The number of aryl methyl sites for hydroxylation is 1. The van der Waals surface area contributed by atoms with Crippen molar-refractivity contribution in [1.29, 1.82) is 0 Å². The number of pyridine rings is 1. The van der Waals surface area contributed by atoms with Gasteiger partial charge in [0.15, 0.2) is 0 Å². The summed E-state index contributed by atoms with van der Waals surface area (Å²) >= 11 is 3.12. The molecule has 90 valence electrons. The molecule has 0 N–H and O–H groups in total. The first kappa shape index (κ1) is 12.0. The molecule has 0 aliphatic carbocycles. The number of fused-ring (bicyclic) bond motifs is 1. The first-order valence-corrected chi connectivity index (χ1v) is 5.91. The van der Waals surface area contributed by atoms with Crippen molar-refractivity contribution in [3.8, 4) is 0 Å². The van der Waals surface area contributed by atoms with Gasteiger partial charge < -0.3 is 4.90 Å². The fourth-order valence-corrected chi connectivity index (χ4v) is 2.06. The lowest BCUT2D eigenvalue weighted by molar-refractivity contribution is -0.107. The Hall–Kier alpha value is -1.43. The van der Waals surface area contributed by atoms with Gasteiger partial charge in [-0.15, -0.1) is 0 Å². The Morgan fingerprint density at radius 1 is 1.65 bits per heavy atom. The summed E-state index contributed by atoms with van der Waals surface area (Å²) in [6, 6.07) is 1.34. The van der Waals surface area contributed by atoms with Crippen LogP contribution in [0.15, 0.2) is 16.7 Å². The lowest BCUT2D eigenvalue weighted by atomic mass is 10.3. The van der Waals surface area contributed by atoms with Gasteiger partial charge in [0.25, 0.3) is 0 Å². The monoisotopic (exact) mass is 299 g/mol. The van der Waals surface area contributed by atoms with Crippen LogP contribution < -0.4 is 4.90 Å². The Morgan fingerprint density at radius 2 is 2.35 bits per heavy atom. The van der Waals surface area contributed by atoms with Crippen LogP contribution in [-0.4, -0.2) is 22.8 Å². The highest BCUT2D eigenvalue weighted by atomic mass is 79.9. The third-order valence-electron chi connectivity index (χ3n) is 2.54. The quantitative estimate of drug-likeness (QED) is 0.816. The summed E-state index contributed by atoms with van der Waals surface area (Å²) in [6.07, 6.45) is 2.96. The maximum Gasteiger partial charge on any atom is 0.215 e. The molecule has 0 aliphatic heterocycles. The second-order valence-corrected chi connectivity index (χ2v) is 4.50. The van der Waals surface area contributed by atoms with E-state index in [-0.39, 0.29) is 5.82 Å². The van der Waals surface area contributed by atoms with E-state index in [1.54, 1.807) is 17.6 Å². The molecule has 1 amide bonds. The van der Waals surface area contributed by atoms with Crippen molar-refractivity contribution in [3.05, 3.63) is 28.2 Å². The van der Waals surface area contributed by atoms with E-state index >= 15 is 0 Å². The number of halogens is 2. The number of carbonyl (C=O) groups excluding carboxylic acids is 1. The number of nitrogens with zero attached hydrogens (tertiary/aromatic N) is 3. The Morgan fingerprint density at radius 3 is 2.94 bits per heavy atom. The fraction of sp³-hybridized carbons (Fsp3) is 0.273. The minimum Gasteiger partial charge on any atom is -0.302 e. The van der Waals surface area contributed by atoms with E-state index < -0.39 is 0 Å². The van der Waals surface area contributed by atoms with E-state index in [0.29, 0.717) is 28.8 Å². The fourth-order valence-electron chi connectivity index (χ4n) is 1.74. The van der Waals surface area contributed by atoms with Crippen LogP contribution in [0, 0.1) is 5.82 Å². The van der Waals surface area contributed by atoms with Crippen LogP contribution in [0.25, 0.3) is 5.65 Å². The molecule has 0 atom stereocenters. The lowest BCUT2D eigenvalue weighted by Crippen LogP contribution is -2.17. The van der Waals surface area contributed by atoms with Crippen molar-refractivity contribution >= 4 is 33.8 Å². The number of aromatic nitrogens is 2. The average molecular weight is 300 g/mol. The minimum absolute atomic E-state index is 0.339. The molecule has 2 heterocycles. The largest absolute Gasteiger partial charge is 0.302 e. The zero-order valence-corrected chi connectivity index (χ0v) is 11.0. The predicted molar refractivity (Wildman–Crippen MR) is 66.7 cm³/mol. The van der Waals surface area contributed by atoms with E-state index in [4.69, 9.17) is 0 Å². The molecular weight excluding hydrogens is 289 g/mol. The topological polar surface area (TPSA) is 37.6 Å². The standard InChI is InChI=1S/C11H11BrFN3O/c1-3-9-11(15(2)6-17)16-5-7(12)8(13)4-10(16)14-9/h4-6H,3H2,1-2H3. The van der Waals surface area contributed by atoms with Crippen LogP contribution in [-0.2, 0) is 11.2 Å². The van der Waals surface area contributed by atoms with Crippen LogP contribution in [0.5, 0.6) is 0 Å². The highest BCUT2D eigenvalue weighted by Gasteiger charge is 2.16. The van der Waals surface area contributed by atoms with Crippen molar-refractivity contribution in [2.45, 2.75) is 13.3 Å². The molecule has 0 saturated heterocycles. The average Bonchev–Trinajstić information content (AvgIpc) is 2.66. The van der Waals surface area contributed by atoms with Crippen molar-refractivity contribution in [2.24, 2.45) is 0 Å². The molecule has 2 rings (SSSR count). The number of imidazole rings is 1. The van der Waals surface area contributed by atoms with Gasteiger partial charge in [-0.25, -0.2) is 9.37 Å². The molecule has 0 unspecified atom stereocenters. The van der Waals surface area contributed by atoms with Gasteiger partial charge in [0, 0.05) is 19.3 Å². The van der Waals surface area contributed by atoms with Crippen molar-refractivity contribution in [2.75, 3.05) is 11.9 Å². The molecule has 0 fully saturated rings. The van der Waals surface area contributed by atoms with Gasteiger partial charge in [0.1, 0.15) is 17.3 Å². The number of rotatable bonds is 3. The second kappa shape index (κ2) is 4.44. The number of carbonyl (C=O) groups is 1. The summed E-state index contributed by atoms with van der Waals surface area (Å²) in [5.41, 5.74) is 1.25. The molecule has 0 saturated carbocycles. The number of hydrogen-bond acceptors (Lipinski definition) is 2. The SMILES string of the molecule is CCc1nc2cc(F)c(Br)cn2c1N(C)C=O. The Labute approximate surface area is 106 Å². The Bertz CT molecular complexity index is 582. The van der Waals surface area contributed by atoms with Crippen LogP contribution in [0.4, 0.5) is 10.2 Å². The summed E-state index contributed by atoms with van der Waals surface area (Å²) in [7, 11) is 1.65. The molecule has 2 aromatic heterocycles. The molecular formula is C11H11BrFN3O. The van der Waals surface area contributed by atoms with E-state index in [2.05, 4.69) is 20.9 Å². The van der Waals surface area contributed by atoms with Gasteiger partial charge in [-0.05, 0) is 22.4 Å². The van der Waals surface area contributed by atoms with Crippen LogP contribution in [0.3, 0.4) is 0 Å². The third-order valence-corrected chi connectivity index (χ3v) is 3.12. The third kappa shape index (κ3) is 1.93.